The fourth-order valence-corrected chi connectivity index (χ4v) is 4.02. The Morgan fingerprint density at radius 1 is 1.17 bits per heavy atom. The predicted molar refractivity (Wildman–Crippen MR) is 96.8 cm³/mol. The average molecular weight is 356 g/mol. The fraction of sp³-hybridized carbons (Fsp3) is 0.125. The molecule has 8 heteroatoms. The summed E-state index contributed by atoms with van der Waals surface area (Å²) < 4.78 is 2.15. The summed E-state index contributed by atoms with van der Waals surface area (Å²) in [6, 6.07) is 9.09. The summed E-state index contributed by atoms with van der Waals surface area (Å²) in [5.74, 6) is 0.998. The number of H-pyrrole nitrogens is 1. The van der Waals surface area contributed by atoms with Crippen LogP contribution in [0.1, 0.15) is 5.82 Å². The number of benzene rings is 1. The van der Waals surface area contributed by atoms with Crippen molar-refractivity contribution in [3.63, 3.8) is 0 Å². The number of nitrogens with one attached hydrogen (secondary N) is 1. The molecule has 0 aliphatic carbocycles. The van der Waals surface area contributed by atoms with Gasteiger partial charge < -0.3 is 4.98 Å². The van der Waals surface area contributed by atoms with E-state index in [4.69, 9.17) is 0 Å². The van der Waals surface area contributed by atoms with Crippen LogP contribution >= 0.6 is 23.1 Å². The van der Waals surface area contributed by atoms with Gasteiger partial charge in [-0.2, -0.15) is 0 Å². The molecule has 0 spiro atoms. The predicted octanol–water partition coefficient (Wildman–Crippen LogP) is 2.52. The van der Waals surface area contributed by atoms with E-state index in [1.165, 1.54) is 27.7 Å². The SMILES string of the molecule is Cn1c(SCc2nc3ccsc3c(=O)[nH]2)nc2ccccc2c1=O. The normalized spacial score (nSPS) is 11.4. The zero-order chi connectivity index (χ0) is 16.7. The molecule has 24 heavy (non-hydrogen) atoms. The molecule has 0 saturated heterocycles. The Hall–Kier alpha value is -2.45. The average Bonchev–Trinajstić information content (AvgIpc) is 3.06. The minimum absolute atomic E-state index is 0.0853. The highest BCUT2D eigenvalue weighted by Crippen LogP contribution is 2.21. The van der Waals surface area contributed by atoms with Crippen LogP contribution in [-0.4, -0.2) is 19.5 Å². The molecule has 1 N–H and O–H groups in total. The van der Waals surface area contributed by atoms with E-state index in [-0.39, 0.29) is 11.1 Å². The van der Waals surface area contributed by atoms with E-state index in [2.05, 4.69) is 15.0 Å². The molecule has 0 saturated carbocycles. The lowest BCUT2D eigenvalue weighted by Crippen LogP contribution is -2.20. The third-order valence-corrected chi connectivity index (χ3v) is 5.59. The van der Waals surface area contributed by atoms with Gasteiger partial charge in [-0.05, 0) is 23.6 Å². The molecule has 6 nitrogen and oxygen atoms in total. The van der Waals surface area contributed by atoms with E-state index in [0.29, 0.717) is 37.9 Å². The van der Waals surface area contributed by atoms with Crippen LogP contribution in [0.15, 0.2) is 50.5 Å². The first-order chi connectivity index (χ1) is 11.6. The molecule has 0 radical (unpaired) electrons. The number of nitrogens with zero attached hydrogens (tertiary/aromatic N) is 3. The molecule has 0 unspecified atom stereocenters. The summed E-state index contributed by atoms with van der Waals surface area (Å²) in [6.07, 6.45) is 0. The van der Waals surface area contributed by atoms with Crippen molar-refractivity contribution in [3.8, 4) is 0 Å². The first-order valence-electron chi connectivity index (χ1n) is 7.18. The Labute approximate surface area is 144 Å². The number of thioether (sulfide) groups is 1. The summed E-state index contributed by atoms with van der Waals surface area (Å²) in [5.41, 5.74) is 1.14. The molecule has 0 fully saturated rings. The molecule has 0 bridgehead atoms. The van der Waals surface area contributed by atoms with Crippen molar-refractivity contribution in [2.45, 2.75) is 10.9 Å². The minimum atomic E-state index is -0.133. The lowest BCUT2D eigenvalue weighted by Gasteiger charge is -2.08. The van der Waals surface area contributed by atoms with Gasteiger partial charge >= 0.3 is 0 Å². The standard InChI is InChI=1S/C16H12N4O2S2/c1-20-15(22)9-4-2-3-5-10(9)18-16(20)24-8-12-17-11-6-7-23-13(11)14(21)19-12/h2-7H,8H2,1H3,(H,17,19,21). The van der Waals surface area contributed by atoms with Crippen molar-refractivity contribution < 1.29 is 0 Å². The third kappa shape index (κ3) is 2.53. The Morgan fingerprint density at radius 3 is 2.88 bits per heavy atom. The van der Waals surface area contributed by atoms with E-state index in [0.717, 1.165) is 0 Å². The van der Waals surface area contributed by atoms with Gasteiger partial charge in [0.25, 0.3) is 11.1 Å². The van der Waals surface area contributed by atoms with Gasteiger partial charge in [0.1, 0.15) is 10.5 Å². The maximum Gasteiger partial charge on any atom is 0.268 e. The van der Waals surface area contributed by atoms with Crippen LogP contribution in [0.4, 0.5) is 0 Å². The first kappa shape index (κ1) is 15.1. The van der Waals surface area contributed by atoms with E-state index >= 15 is 0 Å². The van der Waals surface area contributed by atoms with Gasteiger partial charge in [-0.1, -0.05) is 23.9 Å². The summed E-state index contributed by atoms with van der Waals surface area (Å²) in [6.45, 7) is 0. The summed E-state index contributed by atoms with van der Waals surface area (Å²) in [7, 11) is 1.70. The molecule has 4 aromatic rings. The quantitative estimate of drug-likeness (QED) is 0.451. The van der Waals surface area contributed by atoms with Crippen molar-refractivity contribution in [1.82, 2.24) is 19.5 Å². The zero-order valence-corrected chi connectivity index (χ0v) is 14.3. The monoisotopic (exact) mass is 356 g/mol. The molecule has 120 valence electrons. The lowest BCUT2D eigenvalue weighted by molar-refractivity contribution is 0.725. The molecule has 3 aromatic heterocycles. The van der Waals surface area contributed by atoms with E-state index in [9.17, 15) is 9.59 Å². The third-order valence-electron chi connectivity index (χ3n) is 3.64. The number of hydrogen-bond acceptors (Lipinski definition) is 6. The number of hydrogen-bond donors (Lipinski definition) is 1. The number of aromatic nitrogens is 4. The van der Waals surface area contributed by atoms with Crippen LogP contribution in [0.3, 0.4) is 0 Å². The van der Waals surface area contributed by atoms with Crippen molar-refractivity contribution in [2.75, 3.05) is 0 Å². The summed E-state index contributed by atoms with van der Waals surface area (Å²) >= 11 is 2.74. The molecule has 1 aromatic carbocycles. The fourth-order valence-electron chi connectivity index (χ4n) is 2.45. The van der Waals surface area contributed by atoms with Crippen LogP contribution in [0.2, 0.25) is 0 Å². The van der Waals surface area contributed by atoms with Gasteiger partial charge in [-0.25, -0.2) is 9.97 Å². The van der Waals surface area contributed by atoms with Crippen molar-refractivity contribution in [3.05, 3.63) is 62.2 Å². The Morgan fingerprint density at radius 2 is 2.00 bits per heavy atom. The van der Waals surface area contributed by atoms with Gasteiger partial charge in [0.15, 0.2) is 5.16 Å². The van der Waals surface area contributed by atoms with Crippen molar-refractivity contribution in [2.24, 2.45) is 7.05 Å². The number of aromatic amines is 1. The van der Waals surface area contributed by atoms with E-state index in [1.54, 1.807) is 13.1 Å². The van der Waals surface area contributed by atoms with Crippen molar-refractivity contribution >= 4 is 44.2 Å². The highest BCUT2D eigenvalue weighted by atomic mass is 32.2. The van der Waals surface area contributed by atoms with E-state index < -0.39 is 0 Å². The molecule has 0 atom stereocenters. The van der Waals surface area contributed by atoms with Gasteiger partial charge in [0.05, 0.1) is 22.2 Å². The van der Waals surface area contributed by atoms with Gasteiger partial charge in [0, 0.05) is 7.05 Å². The number of rotatable bonds is 3. The molecule has 3 heterocycles. The van der Waals surface area contributed by atoms with Gasteiger partial charge in [-0.15, -0.1) is 11.3 Å². The van der Waals surface area contributed by atoms with Crippen LogP contribution in [0, 0.1) is 0 Å². The smallest absolute Gasteiger partial charge is 0.268 e. The highest BCUT2D eigenvalue weighted by molar-refractivity contribution is 7.98. The zero-order valence-electron chi connectivity index (χ0n) is 12.6. The molecular formula is C16H12N4O2S2. The topological polar surface area (TPSA) is 80.6 Å². The maximum absolute atomic E-state index is 12.4. The van der Waals surface area contributed by atoms with Crippen LogP contribution in [0.25, 0.3) is 21.1 Å². The second-order valence-corrected chi connectivity index (χ2v) is 7.07. The molecule has 0 aliphatic heterocycles. The summed E-state index contributed by atoms with van der Waals surface area (Å²) in [5, 5.41) is 3.03. The van der Waals surface area contributed by atoms with Crippen LogP contribution in [0.5, 0.6) is 0 Å². The van der Waals surface area contributed by atoms with Crippen molar-refractivity contribution in [1.29, 1.82) is 0 Å². The first-order valence-corrected chi connectivity index (χ1v) is 9.05. The van der Waals surface area contributed by atoms with Gasteiger partial charge in [0.2, 0.25) is 0 Å². The molecule has 0 amide bonds. The minimum Gasteiger partial charge on any atom is -0.309 e. The number of fused-ring (bicyclic) bond motifs is 2. The highest BCUT2D eigenvalue weighted by Gasteiger charge is 2.10. The van der Waals surface area contributed by atoms with Gasteiger partial charge in [-0.3, -0.25) is 14.2 Å². The molecule has 4 rings (SSSR count). The Kier molecular flexibility index (Phi) is 3.70. The largest absolute Gasteiger partial charge is 0.309 e. The van der Waals surface area contributed by atoms with Crippen LogP contribution < -0.4 is 11.1 Å². The van der Waals surface area contributed by atoms with E-state index in [1.807, 2.05) is 29.6 Å². The second kappa shape index (κ2) is 5.88. The number of para-hydroxylation sites is 1. The number of thiophene rings is 1. The molecular weight excluding hydrogens is 344 g/mol. The second-order valence-electron chi connectivity index (χ2n) is 5.21. The lowest BCUT2D eigenvalue weighted by atomic mass is 10.2. The maximum atomic E-state index is 12.4. The van der Waals surface area contributed by atoms with Crippen LogP contribution in [-0.2, 0) is 12.8 Å². The molecule has 0 aliphatic rings. The summed E-state index contributed by atoms with van der Waals surface area (Å²) in [4.78, 5) is 36.2. The Bertz CT molecular complexity index is 1180. The Balaban J connectivity index is 1.70.